The van der Waals surface area contributed by atoms with Crippen LogP contribution in [-0.4, -0.2) is 30.5 Å². The highest BCUT2D eigenvalue weighted by Gasteiger charge is 2.80. The number of nitrogens with zero attached hydrogens (tertiary/aromatic N) is 3. The molecule has 0 radical (unpaired) electrons. The Morgan fingerprint density at radius 3 is 2.27 bits per heavy atom. The first-order valence-corrected chi connectivity index (χ1v) is 9.85. The van der Waals surface area contributed by atoms with E-state index in [4.69, 9.17) is 16.3 Å². The third-order valence-corrected chi connectivity index (χ3v) is 7.03. The number of nitrogens with one attached hydrogen (secondary N) is 2. The fourth-order valence-corrected chi connectivity index (χ4v) is 5.36. The standard InChI is InChI=1S/C21H20ClN5O3/c1-12-17(14-4-6-15(30-3)7-5-14)19(9-23,10-24)20(11-25)13(2)21(12,27-18(20)29)26-16(28)8-22/h4-7,12-13,17H,8H2,1-3H3,(H,26,28)(H,27,29)/t12-,13-,17+,20+,21+/m0/s1. The van der Waals surface area contributed by atoms with E-state index in [1.165, 1.54) is 7.11 Å². The van der Waals surface area contributed by atoms with Gasteiger partial charge in [0.2, 0.25) is 11.8 Å². The molecule has 1 aromatic rings. The van der Waals surface area contributed by atoms with Gasteiger partial charge in [0.15, 0.2) is 10.8 Å². The molecule has 0 unspecified atom stereocenters. The molecule has 5 atom stereocenters. The Balaban J connectivity index is 2.34. The van der Waals surface area contributed by atoms with Gasteiger partial charge in [-0.2, -0.15) is 15.8 Å². The fourth-order valence-electron chi connectivity index (χ4n) is 5.29. The number of methoxy groups -OCH3 is 1. The summed E-state index contributed by atoms with van der Waals surface area (Å²) in [7, 11) is 1.51. The molecule has 1 saturated carbocycles. The highest BCUT2D eigenvalue weighted by Crippen LogP contribution is 2.66. The predicted molar refractivity (Wildman–Crippen MR) is 106 cm³/mol. The lowest BCUT2D eigenvalue weighted by atomic mass is 9.44. The van der Waals surface area contributed by atoms with Gasteiger partial charge in [-0.25, -0.2) is 0 Å². The lowest BCUT2D eigenvalue weighted by Crippen LogP contribution is -2.69. The van der Waals surface area contributed by atoms with Gasteiger partial charge in [-0.05, 0) is 17.7 Å². The van der Waals surface area contributed by atoms with Crippen molar-refractivity contribution in [2.75, 3.05) is 13.0 Å². The van der Waals surface area contributed by atoms with Gasteiger partial charge in [0.05, 0.1) is 25.3 Å². The minimum atomic E-state index is -1.99. The molecule has 2 bridgehead atoms. The van der Waals surface area contributed by atoms with Gasteiger partial charge < -0.3 is 15.4 Å². The number of fused-ring (bicyclic) bond motifs is 2. The number of hydrogen-bond acceptors (Lipinski definition) is 6. The molecule has 1 aromatic carbocycles. The molecular weight excluding hydrogens is 406 g/mol. The number of nitriles is 3. The van der Waals surface area contributed by atoms with E-state index in [2.05, 4.69) is 10.6 Å². The zero-order valence-electron chi connectivity index (χ0n) is 16.7. The Bertz CT molecular complexity index is 1010. The smallest absolute Gasteiger partial charge is 0.245 e. The zero-order chi connectivity index (χ0) is 22.3. The average Bonchev–Trinajstić information content (AvgIpc) is 2.95. The molecule has 1 heterocycles. The van der Waals surface area contributed by atoms with Crippen molar-refractivity contribution in [2.45, 2.75) is 25.4 Å². The lowest BCUT2D eigenvalue weighted by molar-refractivity contribution is -0.130. The van der Waals surface area contributed by atoms with Crippen LogP contribution in [0.15, 0.2) is 24.3 Å². The van der Waals surface area contributed by atoms with Crippen LogP contribution in [0, 0.1) is 56.7 Å². The average molecular weight is 426 g/mol. The summed E-state index contributed by atoms with van der Waals surface area (Å²) >= 11 is 5.69. The summed E-state index contributed by atoms with van der Waals surface area (Å²) in [5, 5.41) is 36.1. The molecule has 154 valence electrons. The number of amides is 2. The number of hydrogen-bond donors (Lipinski definition) is 2. The van der Waals surface area contributed by atoms with Crippen molar-refractivity contribution in [3.63, 3.8) is 0 Å². The van der Waals surface area contributed by atoms with E-state index in [9.17, 15) is 25.4 Å². The highest BCUT2D eigenvalue weighted by atomic mass is 35.5. The maximum atomic E-state index is 13.2. The van der Waals surface area contributed by atoms with Crippen LogP contribution >= 0.6 is 11.6 Å². The maximum absolute atomic E-state index is 13.2. The van der Waals surface area contributed by atoms with Crippen LogP contribution in [0.3, 0.4) is 0 Å². The fraction of sp³-hybridized carbons (Fsp3) is 0.476. The van der Waals surface area contributed by atoms with Gasteiger partial charge in [-0.3, -0.25) is 9.59 Å². The van der Waals surface area contributed by atoms with Crippen LogP contribution in [0.25, 0.3) is 0 Å². The minimum absolute atomic E-state index is 0.342. The molecule has 1 aliphatic heterocycles. The molecule has 1 aliphatic carbocycles. The van der Waals surface area contributed by atoms with Crippen LogP contribution in [0.4, 0.5) is 0 Å². The van der Waals surface area contributed by atoms with E-state index >= 15 is 0 Å². The largest absolute Gasteiger partial charge is 0.497 e. The number of alkyl halides is 1. The first kappa shape index (κ1) is 21.4. The van der Waals surface area contributed by atoms with Gasteiger partial charge in [0.1, 0.15) is 17.3 Å². The molecule has 0 aromatic heterocycles. The molecule has 2 N–H and O–H groups in total. The molecule has 0 spiro atoms. The van der Waals surface area contributed by atoms with Gasteiger partial charge in [-0.1, -0.05) is 26.0 Å². The Labute approximate surface area is 179 Å². The van der Waals surface area contributed by atoms with Crippen molar-refractivity contribution in [2.24, 2.45) is 22.7 Å². The third kappa shape index (κ3) is 2.36. The molecule has 30 heavy (non-hydrogen) atoms. The monoisotopic (exact) mass is 425 g/mol. The van der Waals surface area contributed by atoms with E-state index in [0.717, 1.165) is 0 Å². The number of carbonyl (C=O) groups is 2. The van der Waals surface area contributed by atoms with E-state index in [-0.39, 0.29) is 5.88 Å². The van der Waals surface area contributed by atoms with Gasteiger partial charge in [0, 0.05) is 17.8 Å². The van der Waals surface area contributed by atoms with Gasteiger partial charge in [-0.15, -0.1) is 11.6 Å². The molecule has 1 saturated heterocycles. The quantitative estimate of drug-likeness (QED) is 0.705. The van der Waals surface area contributed by atoms with E-state index in [0.29, 0.717) is 11.3 Å². The van der Waals surface area contributed by atoms with Crippen LogP contribution in [0.2, 0.25) is 0 Å². The molecular formula is C21H20ClN5O3. The minimum Gasteiger partial charge on any atom is -0.497 e. The molecule has 8 nitrogen and oxygen atoms in total. The molecule has 2 amide bonds. The highest BCUT2D eigenvalue weighted by molar-refractivity contribution is 6.27. The Morgan fingerprint density at radius 2 is 1.80 bits per heavy atom. The summed E-state index contributed by atoms with van der Waals surface area (Å²) in [5.74, 6) is -3.38. The zero-order valence-corrected chi connectivity index (χ0v) is 17.4. The second kappa shape index (κ2) is 7.20. The van der Waals surface area contributed by atoms with Crippen molar-refractivity contribution in [3.8, 4) is 24.0 Å². The number of halogens is 1. The summed E-state index contributed by atoms with van der Waals surface area (Å²) in [5.41, 5.74) is -4.74. The topological polar surface area (TPSA) is 139 Å². The van der Waals surface area contributed by atoms with Crippen molar-refractivity contribution in [1.82, 2.24) is 10.6 Å². The van der Waals surface area contributed by atoms with Gasteiger partial charge >= 0.3 is 0 Å². The molecule has 3 rings (SSSR count). The predicted octanol–water partition coefficient (Wildman–Crippen LogP) is 1.79. The van der Waals surface area contributed by atoms with Crippen LogP contribution in [-0.2, 0) is 9.59 Å². The number of ether oxygens (including phenoxy) is 1. The van der Waals surface area contributed by atoms with Crippen molar-refractivity contribution in [3.05, 3.63) is 29.8 Å². The normalized spacial score (nSPS) is 33.4. The van der Waals surface area contributed by atoms with Crippen LogP contribution in [0.1, 0.15) is 25.3 Å². The third-order valence-electron chi connectivity index (χ3n) is 6.79. The van der Waals surface area contributed by atoms with E-state index in [1.54, 1.807) is 38.1 Å². The van der Waals surface area contributed by atoms with Crippen molar-refractivity contribution >= 4 is 23.4 Å². The second-order valence-electron chi connectivity index (χ2n) is 7.72. The Kier molecular flexibility index (Phi) is 5.14. The summed E-state index contributed by atoms with van der Waals surface area (Å²) in [6.45, 7) is 3.34. The van der Waals surface area contributed by atoms with Gasteiger partial charge in [0.25, 0.3) is 0 Å². The number of benzene rings is 1. The second-order valence-corrected chi connectivity index (χ2v) is 7.98. The molecule has 2 fully saturated rings. The van der Waals surface area contributed by atoms with E-state index < -0.39 is 46.1 Å². The summed E-state index contributed by atoms with van der Waals surface area (Å²) in [6, 6.07) is 12.8. The lowest BCUT2D eigenvalue weighted by Gasteiger charge is -2.54. The summed E-state index contributed by atoms with van der Waals surface area (Å²) < 4.78 is 5.18. The Hall–Kier alpha value is -3.28. The number of rotatable bonds is 4. The first-order chi connectivity index (χ1) is 14.2. The molecule has 2 aliphatic rings. The number of carbonyl (C=O) groups excluding carboxylic acids is 2. The summed E-state index contributed by atoms with van der Waals surface area (Å²) in [6.07, 6.45) is 0. The summed E-state index contributed by atoms with van der Waals surface area (Å²) in [4.78, 5) is 25.5. The van der Waals surface area contributed by atoms with E-state index in [1.807, 2.05) is 18.2 Å². The SMILES string of the molecule is COc1ccc([C@H]2[C@H](C)[C@@]3(NC(=O)CCl)NC(=O)[C@@](C#N)([C@@H]3C)C2(C#N)C#N)cc1. The Morgan fingerprint density at radius 1 is 1.20 bits per heavy atom. The van der Waals surface area contributed by atoms with Crippen molar-refractivity contribution in [1.29, 1.82) is 15.8 Å². The van der Waals surface area contributed by atoms with Crippen molar-refractivity contribution < 1.29 is 14.3 Å². The van der Waals surface area contributed by atoms with Crippen LogP contribution in [0.5, 0.6) is 5.75 Å². The van der Waals surface area contributed by atoms with Crippen LogP contribution < -0.4 is 15.4 Å². The first-order valence-electron chi connectivity index (χ1n) is 9.32. The maximum Gasteiger partial charge on any atom is 0.245 e. The molecule has 9 heteroatoms.